The summed E-state index contributed by atoms with van der Waals surface area (Å²) in [6.07, 6.45) is 0.435. The third kappa shape index (κ3) is 4.99. The minimum Gasteiger partial charge on any atom is -0.491 e. The molecule has 3 atom stereocenters. The highest BCUT2D eigenvalue weighted by Gasteiger charge is 2.37. The first kappa shape index (κ1) is 15.0. The molecule has 1 heterocycles. The Kier molecular flexibility index (Phi) is 5.35. The van der Waals surface area contributed by atoms with Crippen molar-refractivity contribution >= 4 is 17.9 Å². The largest absolute Gasteiger partial charge is 0.491 e. The van der Waals surface area contributed by atoms with Gasteiger partial charge in [-0.3, -0.25) is 14.4 Å². The first-order valence-corrected chi connectivity index (χ1v) is 5.70. The van der Waals surface area contributed by atoms with Gasteiger partial charge < -0.3 is 18.9 Å². The number of carbonyl (C=O) groups excluding carboxylic acids is 3. The van der Waals surface area contributed by atoms with E-state index in [2.05, 4.69) is 0 Å². The van der Waals surface area contributed by atoms with Crippen molar-refractivity contribution in [1.82, 2.24) is 0 Å². The molecule has 0 aromatic heterocycles. The molecule has 0 spiro atoms. The van der Waals surface area contributed by atoms with E-state index in [0.29, 0.717) is 0 Å². The maximum absolute atomic E-state index is 11.1. The Morgan fingerprint density at radius 2 is 1.68 bits per heavy atom. The smallest absolute Gasteiger partial charge is 0.303 e. The van der Waals surface area contributed by atoms with Crippen LogP contribution < -0.4 is 0 Å². The molecule has 1 rings (SSSR count). The molecule has 0 unspecified atom stereocenters. The van der Waals surface area contributed by atoms with E-state index in [0.717, 1.165) is 0 Å². The second-order valence-electron chi connectivity index (χ2n) is 3.95. The van der Waals surface area contributed by atoms with Gasteiger partial charge in [0.05, 0.1) is 6.26 Å². The molecule has 0 N–H and O–H groups in total. The number of ether oxygens (including phenoxy) is 4. The molecule has 0 fully saturated rings. The number of rotatable bonds is 4. The summed E-state index contributed by atoms with van der Waals surface area (Å²) in [5.41, 5.74) is 0. The van der Waals surface area contributed by atoms with Crippen molar-refractivity contribution in [2.24, 2.45) is 0 Å². The van der Waals surface area contributed by atoms with Crippen molar-refractivity contribution in [3.8, 4) is 0 Å². The fourth-order valence-electron chi connectivity index (χ4n) is 1.59. The molecule has 0 radical (unpaired) electrons. The topological polar surface area (TPSA) is 88.1 Å². The number of carbonyl (C=O) groups is 3. The lowest BCUT2D eigenvalue weighted by molar-refractivity contribution is -0.178. The zero-order valence-corrected chi connectivity index (χ0v) is 11.0. The van der Waals surface area contributed by atoms with Crippen LogP contribution in [0.15, 0.2) is 12.3 Å². The molecule has 106 valence electrons. The molecule has 0 aromatic carbocycles. The highest BCUT2D eigenvalue weighted by atomic mass is 16.6. The molecule has 7 heteroatoms. The van der Waals surface area contributed by atoms with Gasteiger partial charge in [-0.1, -0.05) is 0 Å². The van der Waals surface area contributed by atoms with Crippen LogP contribution in [0, 0.1) is 0 Å². The van der Waals surface area contributed by atoms with Crippen LogP contribution in [0.3, 0.4) is 0 Å². The van der Waals surface area contributed by atoms with E-state index in [4.69, 9.17) is 18.9 Å². The maximum atomic E-state index is 11.1. The molecule has 1 aliphatic rings. The van der Waals surface area contributed by atoms with Crippen molar-refractivity contribution < 1.29 is 33.3 Å². The van der Waals surface area contributed by atoms with Gasteiger partial charge >= 0.3 is 17.9 Å². The van der Waals surface area contributed by atoms with Gasteiger partial charge in [0.2, 0.25) is 0 Å². The van der Waals surface area contributed by atoms with Crippen LogP contribution in [-0.4, -0.2) is 42.8 Å². The van der Waals surface area contributed by atoms with E-state index in [1.165, 1.54) is 33.1 Å². The monoisotopic (exact) mass is 272 g/mol. The van der Waals surface area contributed by atoms with E-state index >= 15 is 0 Å². The molecular formula is C12H16O7. The lowest BCUT2D eigenvalue weighted by Gasteiger charge is -2.32. The molecule has 0 aromatic rings. The molecule has 0 aliphatic carbocycles. The third-order valence-corrected chi connectivity index (χ3v) is 2.27. The summed E-state index contributed by atoms with van der Waals surface area (Å²) in [6, 6.07) is 0. The first-order valence-electron chi connectivity index (χ1n) is 5.70. The highest BCUT2D eigenvalue weighted by Crippen LogP contribution is 2.19. The van der Waals surface area contributed by atoms with Gasteiger partial charge in [-0.2, -0.15) is 0 Å². The lowest BCUT2D eigenvalue weighted by Crippen LogP contribution is -2.47. The highest BCUT2D eigenvalue weighted by molar-refractivity contribution is 5.68. The Bertz CT molecular complexity index is 388. The van der Waals surface area contributed by atoms with Crippen LogP contribution in [0.4, 0.5) is 0 Å². The van der Waals surface area contributed by atoms with E-state index in [-0.39, 0.29) is 6.61 Å². The van der Waals surface area contributed by atoms with Crippen LogP contribution in [-0.2, 0) is 33.3 Å². The zero-order chi connectivity index (χ0) is 14.4. The maximum Gasteiger partial charge on any atom is 0.303 e. The van der Waals surface area contributed by atoms with Crippen LogP contribution >= 0.6 is 0 Å². The molecular weight excluding hydrogens is 256 g/mol. The summed E-state index contributed by atoms with van der Waals surface area (Å²) >= 11 is 0. The Morgan fingerprint density at radius 1 is 1.05 bits per heavy atom. The Morgan fingerprint density at radius 3 is 2.21 bits per heavy atom. The summed E-state index contributed by atoms with van der Waals surface area (Å²) < 4.78 is 20.1. The predicted molar refractivity (Wildman–Crippen MR) is 61.8 cm³/mol. The second kappa shape index (κ2) is 6.77. The Balaban J connectivity index is 2.77. The summed E-state index contributed by atoms with van der Waals surface area (Å²) in [5.74, 6) is -1.54. The fraction of sp³-hybridized carbons (Fsp3) is 0.583. The Labute approximate surface area is 110 Å². The van der Waals surface area contributed by atoms with Crippen LogP contribution in [0.1, 0.15) is 20.8 Å². The van der Waals surface area contributed by atoms with Gasteiger partial charge in [-0.15, -0.1) is 0 Å². The van der Waals surface area contributed by atoms with Gasteiger partial charge in [-0.05, 0) is 6.08 Å². The van der Waals surface area contributed by atoms with Crippen molar-refractivity contribution in [2.75, 3.05) is 6.61 Å². The Hall–Kier alpha value is -2.05. The van der Waals surface area contributed by atoms with E-state index in [9.17, 15) is 14.4 Å². The van der Waals surface area contributed by atoms with E-state index in [1.54, 1.807) is 0 Å². The van der Waals surface area contributed by atoms with Gasteiger partial charge in [0.15, 0.2) is 18.3 Å². The van der Waals surface area contributed by atoms with Gasteiger partial charge in [-0.25, -0.2) is 0 Å². The summed E-state index contributed by atoms with van der Waals surface area (Å²) in [6.45, 7) is 3.62. The molecule has 7 nitrogen and oxygen atoms in total. The van der Waals surface area contributed by atoms with Crippen molar-refractivity contribution in [3.63, 3.8) is 0 Å². The minimum absolute atomic E-state index is 0.102. The molecule has 0 saturated carbocycles. The summed E-state index contributed by atoms with van der Waals surface area (Å²) in [5, 5.41) is 0. The lowest BCUT2D eigenvalue weighted by atomic mass is 10.1. The van der Waals surface area contributed by atoms with Gasteiger partial charge in [0.1, 0.15) is 6.61 Å². The first-order chi connectivity index (χ1) is 8.90. The van der Waals surface area contributed by atoms with Gasteiger partial charge in [0.25, 0.3) is 0 Å². The molecule has 19 heavy (non-hydrogen) atoms. The zero-order valence-electron chi connectivity index (χ0n) is 11.0. The molecule has 1 aliphatic heterocycles. The standard InChI is InChI=1S/C12H16O7/c1-7(13)17-6-11-12(19-9(3)15)10(4-5-16-11)18-8(2)14/h4-5,10-12H,6H2,1-3H3/t10-,11+,12-/m0/s1. The average Bonchev–Trinajstić information content (AvgIpc) is 2.28. The quantitative estimate of drug-likeness (QED) is 0.538. The number of hydrogen-bond acceptors (Lipinski definition) is 7. The summed E-state index contributed by atoms with van der Waals surface area (Å²) in [4.78, 5) is 32.9. The van der Waals surface area contributed by atoms with E-state index < -0.39 is 36.2 Å². The van der Waals surface area contributed by atoms with E-state index in [1.807, 2.05) is 0 Å². The van der Waals surface area contributed by atoms with Crippen molar-refractivity contribution in [3.05, 3.63) is 12.3 Å². The fourth-order valence-corrected chi connectivity index (χ4v) is 1.59. The minimum atomic E-state index is -0.856. The van der Waals surface area contributed by atoms with Crippen LogP contribution in [0.25, 0.3) is 0 Å². The van der Waals surface area contributed by atoms with Gasteiger partial charge in [0, 0.05) is 20.8 Å². The molecule has 0 bridgehead atoms. The second-order valence-corrected chi connectivity index (χ2v) is 3.95. The number of hydrogen-bond donors (Lipinski definition) is 0. The third-order valence-electron chi connectivity index (χ3n) is 2.27. The molecule has 0 amide bonds. The number of esters is 3. The normalized spacial score (nSPS) is 25.1. The predicted octanol–water partition coefficient (Wildman–Crippen LogP) is 0.325. The molecule has 0 saturated heterocycles. The van der Waals surface area contributed by atoms with Crippen molar-refractivity contribution in [2.45, 2.75) is 39.1 Å². The van der Waals surface area contributed by atoms with Crippen LogP contribution in [0.5, 0.6) is 0 Å². The van der Waals surface area contributed by atoms with Crippen molar-refractivity contribution in [1.29, 1.82) is 0 Å². The summed E-state index contributed by atoms with van der Waals surface area (Å²) in [7, 11) is 0. The average molecular weight is 272 g/mol. The SMILES string of the molecule is CC(=O)OC[C@H]1OC=C[C@H](OC(C)=O)[C@@H]1OC(C)=O. The van der Waals surface area contributed by atoms with Crippen LogP contribution in [0.2, 0.25) is 0 Å².